The van der Waals surface area contributed by atoms with Crippen LogP contribution >= 0.6 is 0 Å². The third-order valence-electron chi connectivity index (χ3n) is 4.21. The quantitative estimate of drug-likeness (QED) is 0.249. The Hall–Kier alpha value is -1.46. The van der Waals surface area contributed by atoms with Gasteiger partial charge in [0, 0.05) is 12.8 Å². The Balaban J connectivity index is 3.33. The molecule has 5 heteroatoms. The fourth-order valence-electron chi connectivity index (χ4n) is 2.58. The predicted octanol–water partition coefficient (Wildman–Crippen LogP) is 4.18. The molecule has 0 radical (unpaired) electrons. The van der Waals surface area contributed by atoms with Crippen LogP contribution in [0.15, 0.2) is 24.3 Å². The highest BCUT2D eigenvalue weighted by Gasteiger charge is 2.12. The van der Waals surface area contributed by atoms with Crippen molar-refractivity contribution in [1.29, 1.82) is 0 Å². The Kier molecular flexibility index (Phi) is 17.3. The Bertz CT molecular complexity index is 415. The molecule has 0 aliphatic rings. The van der Waals surface area contributed by atoms with Gasteiger partial charge in [0.15, 0.2) is 5.78 Å². The van der Waals surface area contributed by atoms with Gasteiger partial charge in [0.25, 0.3) is 0 Å². The van der Waals surface area contributed by atoms with Gasteiger partial charge in [-0.1, -0.05) is 50.0 Å². The lowest BCUT2D eigenvalue weighted by Gasteiger charge is -2.04. The number of carbonyl (C=O) groups excluding carboxylic acids is 1. The van der Waals surface area contributed by atoms with Crippen molar-refractivity contribution in [3.05, 3.63) is 24.3 Å². The number of carboxylic acids is 1. The normalized spacial score (nSPS) is 12.8. The number of rotatable bonds is 18. The van der Waals surface area contributed by atoms with Crippen LogP contribution in [0.5, 0.6) is 0 Å². The summed E-state index contributed by atoms with van der Waals surface area (Å²) in [6, 6.07) is 0. The molecule has 1 atom stereocenters. The molecule has 0 rings (SSSR count). The SMILES string of the molecule is O=C(O)CCCCCCC/C=C\C/C=C\CCCCCC(=O)C(O)CO. The minimum absolute atomic E-state index is 0.270. The first-order valence-electron chi connectivity index (χ1n) is 9.91. The summed E-state index contributed by atoms with van der Waals surface area (Å²) in [6.45, 7) is -0.484. The van der Waals surface area contributed by atoms with Crippen molar-refractivity contribution >= 4 is 11.8 Å². The van der Waals surface area contributed by atoms with Gasteiger partial charge in [-0.3, -0.25) is 9.59 Å². The lowest BCUT2D eigenvalue weighted by molar-refractivity contribution is -0.137. The monoisotopic (exact) mass is 368 g/mol. The Morgan fingerprint density at radius 1 is 0.731 bits per heavy atom. The fourth-order valence-corrected chi connectivity index (χ4v) is 2.58. The summed E-state index contributed by atoms with van der Waals surface area (Å²) in [5.74, 6) is -0.970. The molecule has 0 aromatic rings. The fraction of sp³-hybridized carbons (Fsp3) is 0.714. The van der Waals surface area contributed by atoms with Gasteiger partial charge in [-0.25, -0.2) is 0 Å². The molecule has 0 aromatic carbocycles. The van der Waals surface area contributed by atoms with Crippen LogP contribution in [0.4, 0.5) is 0 Å². The van der Waals surface area contributed by atoms with E-state index in [1.807, 2.05) is 0 Å². The van der Waals surface area contributed by atoms with E-state index in [-0.39, 0.29) is 12.2 Å². The van der Waals surface area contributed by atoms with E-state index >= 15 is 0 Å². The van der Waals surface area contributed by atoms with Gasteiger partial charge in [-0.2, -0.15) is 0 Å². The van der Waals surface area contributed by atoms with Crippen LogP contribution in [0.3, 0.4) is 0 Å². The van der Waals surface area contributed by atoms with Crippen molar-refractivity contribution < 1.29 is 24.9 Å². The summed E-state index contributed by atoms with van der Waals surface area (Å²) in [6.07, 6.45) is 19.1. The zero-order valence-corrected chi connectivity index (χ0v) is 15.9. The van der Waals surface area contributed by atoms with Crippen LogP contribution in [0.1, 0.15) is 83.5 Å². The molecule has 0 aromatic heterocycles. The lowest BCUT2D eigenvalue weighted by atomic mass is 10.1. The minimum Gasteiger partial charge on any atom is -0.481 e. The minimum atomic E-state index is -1.21. The number of aliphatic carboxylic acids is 1. The first kappa shape index (κ1) is 24.5. The molecule has 26 heavy (non-hydrogen) atoms. The lowest BCUT2D eigenvalue weighted by Crippen LogP contribution is -2.23. The number of carbonyl (C=O) groups is 2. The largest absolute Gasteiger partial charge is 0.481 e. The van der Waals surface area contributed by atoms with Crippen molar-refractivity contribution in [1.82, 2.24) is 0 Å². The van der Waals surface area contributed by atoms with E-state index in [1.54, 1.807) is 0 Å². The number of unbranched alkanes of at least 4 members (excludes halogenated alkanes) is 8. The molecule has 0 aliphatic carbocycles. The summed E-state index contributed by atoms with van der Waals surface area (Å²) in [7, 11) is 0. The van der Waals surface area contributed by atoms with Gasteiger partial charge in [-0.05, 0) is 44.9 Å². The molecule has 0 heterocycles. The number of ketones is 1. The molecule has 0 amide bonds. The second kappa shape index (κ2) is 18.3. The average molecular weight is 369 g/mol. The molecule has 5 nitrogen and oxygen atoms in total. The van der Waals surface area contributed by atoms with Crippen LogP contribution in [0.25, 0.3) is 0 Å². The van der Waals surface area contributed by atoms with Crippen molar-refractivity contribution in [2.75, 3.05) is 6.61 Å². The zero-order valence-electron chi connectivity index (χ0n) is 15.9. The molecule has 0 saturated heterocycles. The Morgan fingerprint density at radius 2 is 1.23 bits per heavy atom. The number of hydrogen-bond acceptors (Lipinski definition) is 4. The number of carboxylic acid groups (broad SMARTS) is 1. The Labute approximate surface area is 157 Å². The van der Waals surface area contributed by atoms with Crippen LogP contribution < -0.4 is 0 Å². The second-order valence-electron chi connectivity index (χ2n) is 6.64. The van der Waals surface area contributed by atoms with Gasteiger partial charge in [-0.15, -0.1) is 0 Å². The molecule has 0 saturated carbocycles. The predicted molar refractivity (Wildman–Crippen MR) is 104 cm³/mol. The number of aliphatic hydroxyl groups is 2. The molecule has 3 N–H and O–H groups in total. The van der Waals surface area contributed by atoms with Crippen LogP contribution in [0, 0.1) is 0 Å². The molecular weight excluding hydrogens is 332 g/mol. The van der Waals surface area contributed by atoms with E-state index in [0.29, 0.717) is 6.42 Å². The van der Waals surface area contributed by atoms with E-state index in [0.717, 1.165) is 70.6 Å². The molecule has 0 bridgehead atoms. The van der Waals surface area contributed by atoms with Crippen molar-refractivity contribution in [3.8, 4) is 0 Å². The second-order valence-corrected chi connectivity index (χ2v) is 6.64. The number of aliphatic hydroxyl groups excluding tert-OH is 2. The third-order valence-corrected chi connectivity index (χ3v) is 4.21. The maximum absolute atomic E-state index is 11.3. The van der Waals surface area contributed by atoms with Gasteiger partial charge < -0.3 is 15.3 Å². The number of Topliss-reactive ketones (excluding diaryl/α,β-unsaturated/α-hetero) is 1. The van der Waals surface area contributed by atoms with E-state index in [2.05, 4.69) is 24.3 Å². The molecule has 1 unspecified atom stereocenters. The van der Waals surface area contributed by atoms with Crippen LogP contribution in [-0.2, 0) is 9.59 Å². The van der Waals surface area contributed by atoms with E-state index in [9.17, 15) is 9.59 Å². The summed E-state index contributed by atoms with van der Waals surface area (Å²) in [4.78, 5) is 21.7. The van der Waals surface area contributed by atoms with E-state index in [4.69, 9.17) is 15.3 Å². The highest BCUT2D eigenvalue weighted by atomic mass is 16.4. The maximum atomic E-state index is 11.3. The van der Waals surface area contributed by atoms with Gasteiger partial charge in [0.1, 0.15) is 6.10 Å². The molecular formula is C21H36O5. The smallest absolute Gasteiger partial charge is 0.303 e. The molecule has 0 spiro atoms. The maximum Gasteiger partial charge on any atom is 0.303 e. The third kappa shape index (κ3) is 17.4. The highest BCUT2D eigenvalue weighted by molar-refractivity contribution is 5.82. The highest BCUT2D eigenvalue weighted by Crippen LogP contribution is 2.08. The van der Waals surface area contributed by atoms with E-state index < -0.39 is 18.7 Å². The molecule has 0 aliphatic heterocycles. The first-order chi connectivity index (χ1) is 12.6. The van der Waals surface area contributed by atoms with Crippen LogP contribution in [-0.4, -0.2) is 39.8 Å². The first-order valence-corrected chi connectivity index (χ1v) is 9.91. The number of hydrogen-bond donors (Lipinski definition) is 3. The van der Waals surface area contributed by atoms with Crippen molar-refractivity contribution in [3.63, 3.8) is 0 Å². The van der Waals surface area contributed by atoms with Gasteiger partial charge in [0.2, 0.25) is 0 Å². The summed E-state index contributed by atoms with van der Waals surface area (Å²) in [5.41, 5.74) is 0. The Morgan fingerprint density at radius 3 is 1.81 bits per heavy atom. The zero-order chi connectivity index (χ0) is 19.5. The van der Waals surface area contributed by atoms with Crippen molar-refractivity contribution in [2.24, 2.45) is 0 Å². The topological polar surface area (TPSA) is 94.8 Å². The van der Waals surface area contributed by atoms with Gasteiger partial charge in [0.05, 0.1) is 6.61 Å². The van der Waals surface area contributed by atoms with E-state index in [1.165, 1.54) is 0 Å². The summed E-state index contributed by atoms with van der Waals surface area (Å²) < 4.78 is 0. The molecule has 150 valence electrons. The number of allylic oxidation sites excluding steroid dienone is 4. The van der Waals surface area contributed by atoms with Crippen molar-refractivity contribution in [2.45, 2.75) is 89.6 Å². The summed E-state index contributed by atoms with van der Waals surface area (Å²) >= 11 is 0. The molecule has 0 fully saturated rings. The van der Waals surface area contributed by atoms with Gasteiger partial charge >= 0.3 is 5.97 Å². The van der Waals surface area contributed by atoms with Crippen LogP contribution in [0.2, 0.25) is 0 Å². The summed E-state index contributed by atoms with van der Waals surface area (Å²) in [5, 5.41) is 26.3. The average Bonchev–Trinajstić information content (AvgIpc) is 2.63. The standard InChI is InChI=1S/C21H36O5/c22-18-20(24)19(23)16-14-12-10-8-6-4-2-1-3-5-7-9-11-13-15-17-21(25)26/h1,3-4,6,20,22,24H,2,5,7-18H2,(H,25,26)/b3-1-,6-4-.